The number of ether oxygens (including phenoxy) is 1. The van der Waals surface area contributed by atoms with Crippen molar-refractivity contribution in [1.29, 1.82) is 0 Å². The van der Waals surface area contributed by atoms with Crippen LogP contribution in [0.4, 0.5) is 0 Å². The van der Waals surface area contributed by atoms with Gasteiger partial charge in [-0.25, -0.2) is 0 Å². The Hall–Kier alpha value is -0.790. The van der Waals surface area contributed by atoms with E-state index in [1.165, 1.54) is 5.57 Å². The largest absolute Gasteiger partial charge is 0.461 e. The van der Waals surface area contributed by atoms with Gasteiger partial charge in [-0.3, -0.25) is 4.79 Å². The highest BCUT2D eigenvalue weighted by molar-refractivity contribution is 5.68. The predicted octanol–water partition coefficient (Wildman–Crippen LogP) is 2.30. The smallest absolute Gasteiger partial charge is 0.305 e. The van der Waals surface area contributed by atoms with Crippen LogP contribution in [0.15, 0.2) is 11.6 Å². The Morgan fingerprint density at radius 2 is 2.00 bits per heavy atom. The van der Waals surface area contributed by atoms with E-state index >= 15 is 0 Å². The minimum absolute atomic E-state index is 0.134. The van der Waals surface area contributed by atoms with E-state index in [2.05, 4.69) is 6.92 Å². The molecule has 0 N–H and O–H groups in total. The van der Waals surface area contributed by atoms with Gasteiger partial charge in [0.1, 0.15) is 6.61 Å². The van der Waals surface area contributed by atoms with Crippen LogP contribution in [0, 0.1) is 0 Å². The summed E-state index contributed by atoms with van der Waals surface area (Å²) in [6.07, 6.45) is 3.41. The van der Waals surface area contributed by atoms with Crippen LogP contribution in [0.25, 0.3) is 0 Å². The molecule has 0 saturated carbocycles. The number of hydrogen-bond donors (Lipinski definition) is 0. The van der Waals surface area contributed by atoms with Crippen molar-refractivity contribution in [3.8, 4) is 0 Å². The summed E-state index contributed by atoms with van der Waals surface area (Å²) in [5.74, 6) is -0.134. The molecule has 0 heterocycles. The quantitative estimate of drug-likeness (QED) is 0.461. The zero-order valence-corrected chi connectivity index (χ0v) is 7.52. The van der Waals surface area contributed by atoms with Crippen LogP contribution in [0.1, 0.15) is 33.6 Å². The van der Waals surface area contributed by atoms with Crippen molar-refractivity contribution in [1.82, 2.24) is 0 Å². The average Bonchev–Trinajstić information content (AvgIpc) is 2.04. The van der Waals surface area contributed by atoms with Gasteiger partial charge in [-0.1, -0.05) is 19.4 Å². The highest BCUT2D eigenvalue weighted by Gasteiger charge is 1.94. The van der Waals surface area contributed by atoms with E-state index in [1.54, 1.807) is 6.92 Å². The van der Waals surface area contributed by atoms with E-state index in [0.29, 0.717) is 13.0 Å². The number of allylic oxidation sites excluding steroid dienone is 1. The molecule has 0 rings (SSSR count). The molecule has 0 radical (unpaired) electrons. The van der Waals surface area contributed by atoms with Gasteiger partial charge in [-0.15, -0.1) is 0 Å². The zero-order valence-electron chi connectivity index (χ0n) is 7.52. The number of carbonyl (C=O) groups is 1. The summed E-state index contributed by atoms with van der Waals surface area (Å²) >= 11 is 0. The Kier molecular flexibility index (Phi) is 5.53. The van der Waals surface area contributed by atoms with Gasteiger partial charge in [0, 0.05) is 6.42 Å². The summed E-state index contributed by atoms with van der Waals surface area (Å²) in [4.78, 5) is 10.6. The van der Waals surface area contributed by atoms with Gasteiger partial charge in [0.15, 0.2) is 0 Å². The van der Waals surface area contributed by atoms with Crippen LogP contribution in [-0.4, -0.2) is 12.6 Å². The first kappa shape index (κ1) is 10.2. The highest BCUT2D eigenvalue weighted by Crippen LogP contribution is 1.97. The molecule has 64 valence electrons. The van der Waals surface area contributed by atoms with Crippen molar-refractivity contribution in [3.05, 3.63) is 11.6 Å². The maximum absolute atomic E-state index is 10.6. The first-order chi connectivity index (χ1) is 5.20. The molecule has 11 heavy (non-hydrogen) atoms. The standard InChI is InChI=1S/C9H16O2/c1-4-8(3)6-7-11-9(10)5-2/h6H,4-5,7H2,1-3H3. The Morgan fingerprint density at radius 1 is 1.36 bits per heavy atom. The van der Waals surface area contributed by atoms with Crippen molar-refractivity contribution >= 4 is 5.97 Å². The van der Waals surface area contributed by atoms with E-state index in [4.69, 9.17) is 4.74 Å². The lowest BCUT2D eigenvalue weighted by Gasteiger charge is -1.99. The van der Waals surface area contributed by atoms with E-state index in [0.717, 1.165) is 6.42 Å². The number of esters is 1. The topological polar surface area (TPSA) is 26.3 Å². The van der Waals surface area contributed by atoms with Crippen molar-refractivity contribution in [2.45, 2.75) is 33.6 Å². The minimum Gasteiger partial charge on any atom is -0.461 e. The van der Waals surface area contributed by atoms with Gasteiger partial charge in [0.2, 0.25) is 0 Å². The molecule has 0 aromatic rings. The SMILES string of the molecule is CCC(=O)OCC=C(C)CC. The molecule has 0 unspecified atom stereocenters. The zero-order chi connectivity index (χ0) is 8.69. The summed E-state index contributed by atoms with van der Waals surface area (Å²) in [6, 6.07) is 0. The lowest BCUT2D eigenvalue weighted by molar-refractivity contribution is -0.141. The van der Waals surface area contributed by atoms with Crippen LogP contribution >= 0.6 is 0 Å². The summed E-state index contributed by atoms with van der Waals surface area (Å²) in [5.41, 5.74) is 1.26. The molecule has 0 aliphatic carbocycles. The van der Waals surface area contributed by atoms with Gasteiger partial charge < -0.3 is 4.74 Å². The molecule has 0 aliphatic heterocycles. The third-order valence-corrected chi connectivity index (χ3v) is 1.52. The first-order valence-electron chi connectivity index (χ1n) is 4.02. The predicted molar refractivity (Wildman–Crippen MR) is 45.3 cm³/mol. The molecule has 2 heteroatoms. The van der Waals surface area contributed by atoms with E-state index in [9.17, 15) is 4.79 Å². The maximum atomic E-state index is 10.6. The van der Waals surface area contributed by atoms with E-state index < -0.39 is 0 Å². The van der Waals surface area contributed by atoms with Crippen LogP contribution in [0.2, 0.25) is 0 Å². The summed E-state index contributed by atoms with van der Waals surface area (Å²) in [7, 11) is 0. The maximum Gasteiger partial charge on any atom is 0.305 e. The molecule has 0 aromatic heterocycles. The van der Waals surface area contributed by atoms with Crippen LogP contribution in [-0.2, 0) is 9.53 Å². The van der Waals surface area contributed by atoms with Gasteiger partial charge in [0.05, 0.1) is 0 Å². The summed E-state index contributed by atoms with van der Waals surface area (Å²) < 4.78 is 4.85. The van der Waals surface area contributed by atoms with Gasteiger partial charge in [0.25, 0.3) is 0 Å². The molecular formula is C9H16O2. The fourth-order valence-corrected chi connectivity index (χ4v) is 0.523. The first-order valence-corrected chi connectivity index (χ1v) is 4.02. The normalized spacial score (nSPS) is 11.4. The molecule has 0 amide bonds. The third-order valence-electron chi connectivity index (χ3n) is 1.52. The number of carbonyl (C=O) groups excluding carboxylic acids is 1. The second-order valence-corrected chi connectivity index (χ2v) is 2.44. The Balaban J connectivity index is 3.48. The van der Waals surface area contributed by atoms with Crippen molar-refractivity contribution < 1.29 is 9.53 Å². The minimum atomic E-state index is -0.134. The molecule has 0 saturated heterocycles. The molecule has 2 nitrogen and oxygen atoms in total. The van der Waals surface area contributed by atoms with Crippen LogP contribution in [0.5, 0.6) is 0 Å². The fourth-order valence-electron chi connectivity index (χ4n) is 0.523. The number of hydrogen-bond acceptors (Lipinski definition) is 2. The molecule has 0 aromatic carbocycles. The van der Waals surface area contributed by atoms with Crippen molar-refractivity contribution in [2.75, 3.05) is 6.61 Å². The summed E-state index contributed by atoms with van der Waals surface area (Å²) in [6.45, 7) is 6.32. The lowest BCUT2D eigenvalue weighted by Crippen LogP contribution is -2.01. The highest BCUT2D eigenvalue weighted by atomic mass is 16.5. The fraction of sp³-hybridized carbons (Fsp3) is 0.667. The van der Waals surface area contributed by atoms with Gasteiger partial charge in [-0.2, -0.15) is 0 Å². The van der Waals surface area contributed by atoms with Gasteiger partial charge in [-0.05, 0) is 19.4 Å². The molecule has 0 bridgehead atoms. The molecule has 0 fully saturated rings. The molecular weight excluding hydrogens is 140 g/mol. The third kappa shape index (κ3) is 5.64. The van der Waals surface area contributed by atoms with E-state index in [-0.39, 0.29) is 5.97 Å². The van der Waals surface area contributed by atoms with Crippen molar-refractivity contribution in [2.24, 2.45) is 0 Å². The molecule has 0 aliphatic rings. The second-order valence-electron chi connectivity index (χ2n) is 2.44. The van der Waals surface area contributed by atoms with Crippen molar-refractivity contribution in [3.63, 3.8) is 0 Å². The monoisotopic (exact) mass is 156 g/mol. The average molecular weight is 156 g/mol. The van der Waals surface area contributed by atoms with Crippen LogP contribution < -0.4 is 0 Å². The van der Waals surface area contributed by atoms with Gasteiger partial charge >= 0.3 is 5.97 Å². The van der Waals surface area contributed by atoms with Crippen LogP contribution in [0.3, 0.4) is 0 Å². The Bertz CT molecular complexity index is 148. The molecule has 0 atom stereocenters. The molecule has 0 spiro atoms. The number of rotatable bonds is 4. The van der Waals surface area contributed by atoms with E-state index in [1.807, 2.05) is 13.0 Å². The Morgan fingerprint density at radius 3 is 2.45 bits per heavy atom. The Labute approximate surface area is 68.2 Å². The summed E-state index contributed by atoms with van der Waals surface area (Å²) in [5, 5.41) is 0. The second kappa shape index (κ2) is 5.96. The lowest BCUT2D eigenvalue weighted by atomic mass is 10.2.